The summed E-state index contributed by atoms with van der Waals surface area (Å²) < 4.78 is 0. The van der Waals surface area contributed by atoms with Crippen molar-refractivity contribution in [1.82, 2.24) is 14.7 Å². The highest BCUT2D eigenvalue weighted by atomic mass is 35.5. The van der Waals surface area contributed by atoms with Gasteiger partial charge in [0.25, 0.3) is 0 Å². The van der Waals surface area contributed by atoms with Crippen molar-refractivity contribution >= 4 is 62.9 Å². The fraction of sp³-hybridized carbons (Fsp3) is 0.500. The molecule has 1 fully saturated rings. The van der Waals surface area contributed by atoms with Crippen LogP contribution in [0.4, 0.5) is 15.5 Å². The molecule has 0 saturated carbocycles. The van der Waals surface area contributed by atoms with E-state index in [1.165, 1.54) is 11.3 Å². The minimum absolute atomic E-state index is 0.1000. The second kappa shape index (κ2) is 12.6. The summed E-state index contributed by atoms with van der Waals surface area (Å²) in [5.41, 5.74) is 0.636. The van der Waals surface area contributed by atoms with Crippen LogP contribution in [0.25, 0.3) is 0 Å². The maximum absolute atomic E-state index is 13.5. The van der Waals surface area contributed by atoms with Crippen molar-refractivity contribution in [2.24, 2.45) is 0 Å². The maximum Gasteiger partial charge on any atom is 0.324 e. The highest BCUT2D eigenvalue weighted by Gasteiger charge is 2.27. The number of carbonyl (C=O) groups excluding carboxylic acids is 3. The van der Waals surface area contributed by atoms with Gasteiger partial charge in [0.05, 0.1) is 27.8 Å². The monoisotopic (exact) mass is 567 g/mol. The summed E-state index contributed by atoms with van der Waals surface area (Å²) in [7, 11) is 3.96. The average molecular weight is 569 g/mol. The topological polar surface area (TPSA) is 85.0 Å². The van der Waals surface area contributed by atoms with Crippen molar-refractivity contribution in [1.29, 1.82) is 0 Å². The standard InChI is InChI=1S/C26H35Cl2N5O3S/c1-26(2,3)21-15-17(24(37-21)30-25(36)29-19-8-6-7-18(27)23(19)28)20(34)16-32-10-9-22(35)33(14-12-32)13-11-31(4)5/h6-8,15H,9-14,16H2,1-5H3,(H2,29,30,36). The van der Waals surface area contributed by atoms with Gasteiger partial charge >= 0.3 is 6.03 Å². The molecule has 1 saturated heterocycles. The van der Waals surface area contributed by atoms with Crippen LogP contribution in [0.1, 0.15) is 42.4 Å². The summed E-state index contributed by atoms with van der Waals surface area (Å²) in [6.45, 7) is 9.56. The molecule has 2 N–H and O–H groups in total. The molecular weight excluding hydrogens is 533 g/mol. The molecule has 0 unspecified atom stereocenters. The Kier molecular flexibility index (Phi) is 9.99. The van der Waals surface area contributed by atoms with Gasteiger partial charge in [-0.3, -0.25) is 19.8 Å². The Morgan fingerprint density at radius 2 is 1.84 bits per heavy atom. The number of hydrogen-bond acceptors (Lipinski definition) is 6. The molecule has 1 aliphatic heterocycles. The van der Waals surface area contributed by atoms with Crippen molar-refractivity contribution in [3.8, 4) is 0 Å². The van der Waals surface area contributed by atoms with Crippen LogP contribution < -0.4 is 10.6 Å². The first-order chi connectivity index (χ1) is 17.3. The first kappa shape index (κ1) is 29.4. The van der Waals surface area contributed by atoms with Gasteiger partial charge in [0.15, 0.2) is 5.78 Å². The second-order valence-corrected chi connectivity index (χ2v) is 12.3. The lowest BCUT2D eigenvalue weighted by atomic mass is 9.94. The molecule has 0 spiro atoms. The van der Waals surface area contributed by atoms with E-state index in [1.54, 1.807) is 18.2 Å². The number of carbonyl (C=O) groups is 3. The molecule has 2 aromatic rings. The molecule has 11 heteroatoms. The third-order valence-electron chi connectivity index (χ3n) is 6.06. The predicted octanol–water partition coefficient (Wildman–Crippen LogP) is 5.28. The Bertz CT molecular complexity index is 1150. The number of halogens is 2. The number of urea groups is 1. The number of benzene rings is 1. The number of nitrogens with zero attached hydrogens (tertiary/aromatic N) is 3. The van der Waals surface area contributed by atoms with Gasteiger partial charge < -0.3 is 15.1 Å². The van der Waals surface area contributed by atoms with E-state index in [0.717, 1.165) is 11.4 Å². The average Bonchev–Trinajstić information content (AvgIpc) is 3.16. The van der Waals surface area contributed by atoms with Gasteiger partial charge in [-0.25, -0.2) is 4.79 Å². The van der Waals surface area contributed by atoms with Gasteiger partial charge in [0, 0.05) is 44.0 Å². The van der Waals surface area contributed by atoms with Gasteiger partial charge in [0.2, 0.25) is 5.91 Å². The molecule has 0 bridgehead atoms. The molecular formula is C26H35Cl2N5O3S. The zero-order chi connectivity index (χ0) is 27.3. The Balaban J connectivity index is 1.73. The minimum atomic E-state index is -0.516. The summed E-state index contributed by atoms with van der Waals surface area (Å²) in [6.07, 6.45) is 0.380. The van der Waals surface area contributed by atoms with Gasteiger partial charge in [-0.05, 0) is 37.7 Å². The Labute approximate surface area is 232 Å². The number of anilines is 2. The summed E-state index contributed by atoms with van der Waals surface area (Å²) in [4.78, 5) is 45.7. The SMILES string of the molecule is CN(C)CCN1CCN(CC(=O)c2cc(C(C)(C)C)sc2NC(=O)Nc2cccc(Cl)c2Cl)CCC1=O. The Morgan fingerprint density at radius 3 is 2.51 bits per heavy atom. The Morgan fingerprint density at radius 1 is 1.11 bits per heavy atom. The van der Waals surface area contributed by atoms with Gasteiger partial charge in [-0.1, -0.05) is 50.0 Å². The molecule has 3 rings (SSSR count). The van der Waals surface area contributed by atoms with E-state index in [1.807, 2.05) is 34.9 Å². The molecule has 2 heterocycles. The molecule has 37 heavy (non-hydrogen) atoms. The first-order valence-electron chi connectivity index (χ1n) is 12.2. The summed E-state index contributed by atoms with van der Waals surface area (Å²) in [5.74, 6) is 0.0121. The van der Waals surface area contributed by atoms with E-state index >= 15 is 0 Å². The van der Waals surface area contributed by atoms with Crippen LogP contribution in [0.5, 0.6) is 0 Å². The number of rotatable bonds is 8. The summed E-state index contributed by atoms with van der Waals surface area (Å²) in [6, 6.07) is 6.32. The van der Waals surface area contributed by atoms with Crippen LogP contribution in [0, 0.1) is 0 Å². The predicted molar refractivity (Wildman–Crippen MR) is 153 cm³/mol. The lowest BCUT2D eigenvalue weighted by molar-refractivity contribution is -0.130. The van der Waals surface area contributed by atoms with Crippen molar-refractivity contribution < 1.29 is 14.4 Å². The fourth-order valence-electron chi connectivity index (χ4n) is 3.83. The van der Waals surface area contributed by atoms with Crippen molar-refractivity contribution in [2.75, 3.05) is 64.0 Å². The highest BCUT2D eigenvalue weighted by Crippen LogP contribution is 2.37. The quantitative estimate of drug-likeness (QED) is 0.424. The van der Waals surface area contributed by atoms with E-state index < -0.39 is 6.03 Å². The number of likely N-dealkylation sites (N-methyl/N-ethyl adjacent to an activating group) is 1. The smallest absolute Gasteiger partial charge is 0.324 e. The van der Waals surface area contributed by atoms with Crippen molar-refractivity contribution in [3.63, 3.8) is 0 Å². The Hall–Kier alpha value is -2.17. The molecule has 202 valence electrons. The van der Waals surface area contributed by atoms with Crippen LogP contribution in [0.3, 0.4) is 0 Å². The minimum Gasteiger partial charge on any atom is -0.340 e. The van der Waals surface area contributed by atoms with Crippen LogP contribution in [0.15, 0.2) is 24.3 Å². The molecule has 0 aliphatic carbocycles. The molecule has 1 aliphatic rings. The molecule has 3 amide bonds. The number of ketones is 1. The molecule has 0 atom stereocenters. The van der Waals surface area contributed by atoms with Gasteiger partial charge in [0.1, 0.15) is 5.00 Å². The van der Waals surface area contributed by atoms with Crippen LogP contribution in [0.2, 0.25) is 10.0 Å². The largest absolute Gasteiger partial charge is 0.340 e. The number of nitrogens with one attached hydrogen (secondary N) is 2. The summed E-state index contributed by atoms with van der Waals surface area (Å²) >= 11 is 13.6. The van der Waals surface area contributed by atoms with Crippen molar-refractivity contribution in [2.45, 2.75) is 32.6 Å². The lowest BCUT2D eigenvalue weighted by Crippen LogP contribution is -2.38. The second-order valence-electron chi connectivity index (χ2n) is 10.4. The number of hydrogen-bond donors (Lipinski definition) is 2. The van der Waals surface area contributed by atoms with E-state index in [4.69, 9.17) is 23.2 Å². The lowest BCUT2D eigenvalue weighted by Gasteiger charge is -2.23. The van der Waals surface area contributed by atoms with Gasteiger partial charge in [-0.15, -0.1) is 11.3 Å². The van der Waals surface area contributed by atoms with Crippen molar-refractivity contribution in [3.05, 3.63) is 44.8 Å². The first-order valence-corrected chi connectivity index (χ1v) is 13.8. The van der Waals surface area contributed by atoms with E-state index in [2.05, 4.69) is 31.4 Å². The maximum atomic E-state index is 13.5. The molecule has 1 aromatic heterocycles. The van der Waals surface area contributed by atoms with Gasteiger partial charge in [-0.2, -0.15) is 0 Å². The van der Waals surface area contributed by atoms with E-state index in [9.17, 15) is 14.4 Å². The number of Topliss-reactive ketones (excluding diaryl/α,β-unsaturated/α-hetero) is 1. The molecule has 8 nitrogen and oxygen atoms in total. The number of thiophene rings is 1. The molecule has 1 aromatic carbocycles. The van der Waals surface area contributed by atoms with E-state index in [-0.39, 0.29) is 28.7 Å². The number of amides is 3. The van der Waals surface area contributed by atoms with E-state index in [0.29, 0.717) is 53.9 Å². The zero-order valence-corrected chi connectivity index (χ0v) is 24.3. The molecule has 0 radical (unpaired) electrons. The van der Waals surface area contributed by atoms with Crippen LogP contribution in [-0.2, 0) is 10.2 Å². The highest BCUT2D eigenvalue weighted by molar-refractivity contribution is 7.16. The normalized spacial score (nSPS) is 15.1. The fourth-order valence-corrected chi connectivity index (χ4v) is 5.31. The van der Waals surface area contributed by atoms with Crippen LogP contribution >= 0.6 is 34.5 Å². The third-order valence-corrected chi connectivity index (χ3v) is 8.36. The third kappa shape index (κ3) is 8.15. The summed E-state index contributed by atoms with van der Waals surface area (Å²) in [5, 5.41) is 6.59. The van der Waals surface area contributed by atoms with Crippen LogP contribution in [-0.4, -0.2) is 85.8 Å². The zero-order valence-electron chi connectivity index (χ0n) is 22.0.